The lowest BCUT2D eigenvalue weighted by atomic mass is 10.2. The zero-order valence-electron chi connectivity index (χ0n) is 7.74. The van der Waals surface area contributed by atoms with Crippen LogP contribution in [0.5, 0.6) is 5.88 Å². The molecule has 13 heavy (non-hydrogen) atoms. The van der Waals surface area contributed by atoms with E-state index in [-0.39, 0.29) is 0 Å². The number of hydrogen-bond donors (Lipinski definition) is 0. The first-order valence-electron chi connectivity index (χ1n) is 3.97. The molecule has 0 saturated heterocycles. The van der Waals surface area contributed by atoms with Crippen molar-refractivity contribution in [3.63, 3.8) is 0 Å². The fourth-order valence-corrected chi connectivity index (χ4v) is 1.09. The van der Waals surface area contributed by atoms with Gasteiger partial charge in [0.15, 0.2) is 0 Å². The van der Waals surface area contributed by atoms with Crippen LogP contribution in [0, 0.1) is 13.5 Å². The molecule has 0 aliphatic rings. The summed E-state index contributed by atoms with van der Waals surface area (Å²) in [5, 5.41) is 0. The van der Waals surface area contributed by atoms with Crippen molar-refractivity contribution in [2.24, 2.45) is 0 Å². The summed E-state index contributed by atoms with van der Waals surface area (Å²) in [5.74, 6) is 0.593. The van der Waals surface area contributed by atoms with E-state index in [4.69, 9.17) is 11.3 Å². The molecule has 1 aromatic heterocycles. The second-order valence-electron chi connectivity index (χ2n) is 2.59. The molecule has 4 nitrogen and oxygen atoms in total. The zero-order chi connectivity index (χ0) is 9.68. The van der Waals surface area contributed by atoms with E-state index in [9.17, 15) is 0 Å². The van der Waals surface area contributed by atoms with Crippen molar-refractivity contribution in [1.82, 2.24) is 9.97 Å². The maximum absolute atomic E-state index is 6.67. The molecule has 0 unspecified atom stereocenters. The molecule has 4 heteroatoms. The summed E-state index contributed by atoms with van der Waals surface area (Å²) < 4.78 is 5.04. The number of hydrogen-bond acceptors (Lipinski definition) is 3. The zero-order valence-corrected chi connectivity index (χ0v) is 7.74. The van der Waals surface area contributed by atoms with Crippen LogP contribution in [0.4, 0.5) is 0 Å². The Morgan fingerprint density at radius 2 is 2.31 bits per heavy atom. The third kappa shape index (κ3) is 2.15. The molecule has 1 heterocycles. The van der Waals surface area contributed by atoms with Crippen LogP contribution in [0.15, 0.2) is 6.33 Å². The molecule has 0 amide bonds. The average Bonchev–Trinajstić information content (AvgIpc) is 2.16. The summed E-state index contributed by atoms with van der Waals surface area (Å²) in [5.41, 5.74) is 1.82. The molecule has 0 atom stereocenters. The Hall–Kier alpha value is -1.63. The van der Waals surface area contributed by atoms with E-state index in [0.29, 0.717) is 18.8 Å². The van der Waals surface area contributed by atoms with Gasteiger partial charge in [-0.2, -0.15) is 0 Å². The van der Waals surface area contributed by atoms with E-state index < -0.39 is 0 Å². The lowest BCUT2D eigenvalue weighted by Gasteiger charge is -2.05. The highest BCUT2D eigenvalue weighted by Gasteiger charge is 2.07. The van der Waals surface area contributed by atoms with Gasteiger partial charge < -0.3 is 9.58 Å². The van der Waals surface area contributed by atoms with Gasteiger partial charge in [0.1, 0.15) is 6.33 Å². The Balaban J connectivity index is 2.89. The maximum Gasteiger partial charge on any atom is 0.220 e. The van der Waals surface area contributed by atoms with Crippen molar-refractivity contribution >= 4 is 0 Å². The van der Waals surface area contributed by atoms with E-state index in [2.05, 4.69) is 14.8 Å². The third-order valence-electron chi connectivity index (χ3n) is 1.80. The number of methoxy groups -OCH3 is 1. The first kappa shape index (κ1) is 9.46. The van der Waals surface area contributed by atoms with Crippen molar-refractivity contribution in [3.05, 3.63) is 29.0 Å². The fraction of sp³-hybridized carbons (Fsp3) is 0.444. The van der Waals surface area contributed by atoms with E-state index in [1.807, 2.05) is 6.92 Å². The van der Waals surface area contributed by atoms with Gasteiger partial charge in [0, 0.05) is 5.56 Å². The van der Waals surface area contributed by atoms with Gasteiger partial charge >= 0.3 is 0 Å². The minimum atomic E-state index is 0.459. The monoisotopic (exact) mass is 177 g/mol. The predicted octanol–water partition coefficient (Wildman–Crippen LogP) is 1.26. The number of ether oxygens (including phenoxy) is 1. The highest BCUT2D eigenvalue weighted by Crippen LogP contribution is 2.15. The molecule has 0 fully saturated rings. The topological polar surface area (TPSA) is 39.4 Å². The molecule has 0 spiro atoms. The molecule has 0 radical (unpaired) electrons. The van der Waals surface area contributed by atoms with Crippen LogP contribution in [0.25, 0.3) is 4.85 Å². The normalized spacial score (nSPS) is 9.31. The Morgan fingerprint density at radius 3 is 2.92 bits per heavy atom. The summed E-state index contributed by atoms with van der Waals surface area (Å²) in [6.07, 6.45) is 2.12. The standard InChI is InChI=1S/C9H11N3O/c1-7-8(4-5-10-2)11-6-12-9(7)13-3/h6H,4-5H2,1,3H3. The van der Waals surface area contributed by atoms with Crippen LogP contribution >= 0.6 is 0 Å². The molecule has 0 saturated carbocycles. The number of aromatic nitrogens is 2. The second-order valence-corrected chi connectivity index (χ2v) is 2.59. The molecule has 1 aromatic rings. The number of rotatable bonds is 3. The van der Waals surface area contributed by atoms with Gasteiger partial charge in [0.25, 0.3) is 0 Å². The van der Waals surface area contributed by atoms with Crippen LogP contribution < -0.4 is 4.74 Å². The van der Waals surface area contributed by atoms with E-state index >= 15 is 0 Å². The lowest BCUT2D eigenvalue weighted by Crippen LogP contribution is -2.00. The molecule has 0 aromatic carbocycles. The largest absolute Gasteiger partial charge is 0.481 e. The van der Waals surface area contributed by atoms with E-state index in [1.165, 1.54) is 6.33 Å². The summed E-state index contributed by atoms with van der Waals surface area (Å²) in [6.45, 7) is 9.03. The summed E-state index contributed by atoms with van der Waals surface area (Å²) in [4.78, 5) is 11.3. The Bertz CT molecular complexity index is 330. The number of nitrogens with zero attached hydrogens (tertiary/aromatic N) is 3. The first-order chi connectivity index (χ1) is 6.29. The van der Waals surface area contributed by atoms with Gasteiger partial charge in [0.05, 0.1) is 19.2 Å². The van der Waals surface area contributed by atoms with Crippen molar-refractivity contribution in [2.45, 2.75) is 13.3 Å². The molecule has 0 aliphatic carbocycles. The third-order valence-corrected chi connectivity index (χ3v) is 1.80. The van der Waals surface area contributed by atoms with Crippen LogP contribution in [-0.4, -0.2) is 23.6 Å². The van der Waals surface area contributed by atoms with Gasteiger partial charge in [-0.15, -0.1) is 0 Å². The summed E-state index contributed by atoms with van der Waals surface area (Å²) >= 11 is 0. The maximum atomic E-state index is 6.67. The molecule has 0 N–H and O–H groups in total. The second kappa shape index (κ2) is 4.41. The van der Waals surface area contributed by atoms with Gasteiger partial charge in [-0.25, -0.2) is 16.5 Å². The first-order valence-corrected chi connectivity index (χ1v) is 3.97. The molecule has 1 rings (SSSR count). The van der Waals surface area contributed by atoms with Gasteiger partial charge in [-0.1, -0.05) is 0 Å². The van der Waals surface area contributed by atoms with E-state index in [0.717, 1.165) is 11.3 Å². The molecule has 0 bridgehead atoms. The minimum absolute atomic E-state index is 0.459. The van der Waals surface area contributed by atoms with Crippen LogP contribution in [0.3, 0.4) is 0 Å². The average molecular weight is 177 g/mol. The predicted molar refractivity (Wildman–Crippen MR) is 48.5 cm³/mol. The molecular formula is C9H11N3O. The smallest absolute Gasteiger partial charge is 0.220 e. The van der Waals surface area contributed by atoms with Crippen LogP contribution in [-0.2, 0) is 6.42 Å². The Labute approximate surface area is 77.4 Å². The SMILES string of the molecule is [C-]#[N+]CCc1ncnc(OC)c1C. The quantitative estimate of drug-likeness (QED) is 0.652. The Morgan fingerprint density at radius 1 is 1.54 bits per heavy atom. The van der Waals surface area contributed by atoms with E-state index in [1.54, 1.807) is 7.11 Å². The van der Waals surface area contributed by atoms with Gasteiger partial charge in [-0.05, 0) is 6.92 Å². The van der Waals surface area contributed by atoms with Gasteiger partial charge in [-0.3, -0.25) is 0 Å². The van der Waals surface area contributed by atoms with Crippen LogP contribution in [0.1, 0.15) is 11.3 Å². The van der Waals surface area contributed by atoms with Gasteiger partial charge in [0.2, 0.25) is 12.4 Å². The highest BCUT2D eigenvalue weighted by atomic mass is 16.5. The summed E-state index contributed by atoms with van der Waals surface area (Å²) in [7, 11) is 1.58. The Kier molecular flexibility index (Phi) is 3.21. The summed E-state index contributed by atoms with van der Waals surface area (Å²) in [6, 6.07) is 0. The van der Waals surface area contributed by atoms with Crippen molar-refractivity contribution in [2.75, 3.05) is 13.7 Å². The fourth-order valence-electron chi connectivity index (χ4n) is 1.09. The van der Waals surface area contributed by atoms with Crippen molar-refractivity contribution < 1.29 is 4.74 Å². The minimum Gasteiger partial charge on any atom is -0.481 e. The van der Waals surface area contributed by atoms with Crippen molar-refractivity contribution in [1.29, 1.82) is 0 Å². The van der Waals surface area contributed by atoms with Crippen molar-refractivity contribution in [3.8, 4) is 5.88 Å². The molecular weight excluding hydrogens is 166 g/mol. The highest BCUT2D eigenvalue weighted by molar-refractivity contribution is 5.28. The lowest BCUT2D eigenvalue weighted by molar-refractivity contribution is 0.392. The molecule has 0 aliphatic heterocycles. The molecule has 68 valence electrons. The van der Waals surface area contributed by atoms with Crippen LogP contribution in [0.2, 0.25) is 0 Å².